The fraction of sp³-hybridized carbons (Fsp3) is 0.0952. The zero-order valence-corrected chi connectivity index (χ0v) is 13.9. The van der Waals surface area contributed by atoms with Gasteiger partial charge in [0.05, 0.1) is 11.3 Å². The van der Waals surface area contributed by atoms with Crippen LogP contribution in [-0.4, -0.2) is 5.91 Å². The van der Waals surface area contributed by atoms with Gasteiger partial charge in [0.1, 0.15) is 0 Å². The maximum atomic E-state index is 11.9. The van der Waals surface area contributed by atoms with E-state index >= 15 is 0 Å². The topological polar surface area (TPSA) is 72.3 Å². The largest absolute Gasteiger partial charge is 0.399 e. The van der Waals surface area contributed by atoms with Crippen LogP contribution < -0.4 is 16.4 Å². The van der Waals surface area contributed by atoms with Crippen molar-refractivity contribution >= 4 is 17.3 Å². The van der Waals surface area contributed by atoms with Crippen molar-refractivity contribution in [1.29, 1.82) is 0 Å². The van der Waals surface area contributed by atoms with Crippen molar-refractivity contribution in [2.45, 2.75) is 13.1 Å². The molecule has 0 saturated heterocycles. The maximum Gasteiger partial charge on any atom is 0.250 e. The minimum absolute atomic E-state index is 0.437. The smallest absolute Gasteiger partial charge is 0.250 e. The number of hydrogen-bond donors (Lipinski definition) is 2. The molecule has 3 rings (SSSR count). The van der Waals surface area contributed by atoms with E-state index in [-0.39, 0.29) is 0 Å². The van der Waals surface area contributed by atoms with Gasteiger partial charge in [-0.25, -0.2) is 0 Å². The molecule has 0 aliphatic carbocycles. The van der Waals surface area contributed by atoms with Crippen molar-refractivity contribution in [1.82, 2.24) is 0 Å². The molecule has 0 radical (unpaired) electrons. The quantitative estimate of drug-likeness (QED) is 0.678. The lowest BCUT2D eigenvalue weighted by atomic mass is 10.1. The average Bonchev–Trinajstić information content (AvgIpc) is 2.63. The summed E-state index contributed by atoms with van der Waals surface area (Å²) in [5.41, 5.74) is 15.5. The summed E-state index contributed by atoms with van der Waals surface area (Å²) in [6.07, 6.45) is 0. The van der Waals surface area contributed by atoms with Crippen molar-refractivity contribution in [2.75, 3.05) is 10.6 Å². The molecule has 25 heavy (non-hydrogen) atoms. The number of primary amides is 1. The summed E-state index contributed by atoms with van der Waals surface area (Å²) in [5, 5.41) is 0. The van der Waals surface area contributed by atoms with E-state index in [0.717, 1.165) is 16.8 Å². The third-order valence-electron chi connectivity index (χ3n) is 4.06. The predicted molar refractivity (Wildman–Crippen MR) is 102 cm³/mol. The lowest BCUT2D eigenvalue weighted by Gasteiger charge is -2.27. The van der Waals surface area contributed by atoms with E-state index in [1.54, 1.807) is 12.1 Å². The van der Waals surface area contributed by atoms with Gasteiger partial charge in [-0.3, -0.25) is 4.79 Å². The first-order valence-corrected chi connectivity index (χ1v) is 8.15. The summed E-state index contributed by atoms with van der Waals surface area (Å²) in [6, 6.07) is 25.6. The average molecular weight is 331 g/mol. The summed E-state index contributed by atoms with van der Waals surface area (Å²) >= 11 is 0. The van der Waals surface area contributed by atoms with Gasteiger partial charge in [-0.15, -0.1) is 0 Å². The standard InChI is InChI=1S/C21H21N3O/c22-18-11-12-20(19(13-18)21(23)25)24(14-16-7-3-1-4-8-16)15-17-9-5-2-6-10-17/h1-13H,14-15,22H2,(H2,23,25). The van der Waals surface area contributed by atoms with Crippen molar-refractivity contribution in [3.63, 3.8) is 0 Å². The van der Waals surface area contributed by atoms with E-state index in [1.807, 2.05) is 42.5 Å². The zero-order chi connectivity index (χ0) is 17.6. The van der Waals surface area contributed by atoms with E-state index in [2.05, 4.69) is 29.2 Å². The number of nitrogens with two attached hydrogens (primary N) is 2. The van der Waals surface area contributed by atoms with Crippen molar-refractivity contribution < 1.29 is 4.79 Å². The summed E-state index contributed by atoms with van der Waals surface area (Å²) < 4.78 is 0. The molecule has 3 aromatic rings. The van der Waals surface area contributed by atoms with Gasteiger partial charge in [-0.1, -0.05) is 60.7 Å². The summed E-state index contributed by atoms with van der Waals surface area (Å²) in [5.74, 6) is -0.478. The van der Waals surface area contributed by atoms with Crippen molar-refractivity contribution in [3.8, 4) is 0 Å². The number of carbonyl (C=O) groups is 1. The molecule has 0 unspecified atom stereocenters. The SMILES string of the molecule is NC(=O)c1cc(N)ccc1N(Cc1ccccc1)Cc1ccccc1. The number of hydrogen-bond acceptors (Lipinski definition) is 3. The molecule has 0 atom stereocenters. The molecule has 0 heterocycles. The van der Waals surface area contributed by atoms with E-state index < -0.39 is 5.91 Å². The number of amides is 1. The first kappa shape index (κ1) is 16.6. The van der Waals surface area contributed by atoms with Crippen LogP contribution in [0.2, 0.25) is 0 Å². The van der Waals surface area contributed by atoms with Crippen LogP contribution in [0.1, 0.15) is 21.5 Å². The van der Waals surface area contributed by atoms with Gasteiger partial charge in [0.25, 0.3) is 5.91 Å². The molecule has 4 nitrogen and oxygen atoms in total. The predicted octanol–water partition coefficient (Wildman–Crippen LogP) is 3.57. The van der Waals surface area contributed by atoms with Crippen LogP contribution in [0.5, 0.6) is 0 Å². The van der Waals surface area contributed by atoms with Gasteiger partial charge in [0, 0.05) is 18.8 Å². The Labute approximate surface area is 147 Å². The molecule has 0 bridgehead atoms. The summed E-state index contributed by atoms with van der Waals surface area (Å²) in [4.78, 5) is 14.1. The molecule has 0 aliphatic heterocycles. The lowest BCUT2D eigenvalue weighted by Crippen LogP contribution is -2.26. The second kappa shape index (κ2) is 7.53. The van der Waals surface area contributed by atoms with Crippen LogP contribution in [0.15, 0.2) is 78.9 Å². The molecule has 0 aromatic heterocycles. The highest BCUT2D eigenvalue weighted by atomic mass is 16.1. The maximum absolute atomic E-state index is 11.9. The number of rotatable bonds is 6. The van der Waals surface area contributed by atoms with Crippen LogP contribution >= 0.6 is 0 Å². The van der Waals surface area contributed by atoms with Crippen molar-refractivity contribution in [2.24, 2.45) is 5.73 Å². The number of carbonyl (C=O) groups excluding carboxylic acids is 1. The van der Waals surface area contributed by atoms with Gasteiger partial charge in [0.15, 0.2) is 0 Å². The Kier molecular flexibility index (Phi) is 5.00. The third kappa shape index (κ3) is 4.18. The lowest BCUT2D eigenvalue weighted by molar-refractivity contribution is 0.100. The Morgan fingerprint density at radius 2 is 1.32 bits per heavy atom. The highest BCUT2D eigenvalue weighted by Crippen LogP contribution is 2.26. The van der Waals surface area contributed by atoms with Crippen LogP contribution in [-0.2, 0) is 13.1 Å². The molecule has 0 saturated carbocycles. The molecule has 4 heteroatoms. The molecule has 0 aliphatic rings. The molecule has 1 amide bonds. The second-order valence-electron chi connectivity index (χ2n) is 5.97. The molecular weight excluding hydrogens is 310 g/mol. The minimum Gasteiger partial charge on any atom is -0.399 e. The third-order valence-corrected chi connectivity index (χ3v) is 4.06. The molecule has 4 N–H and O–H groups in total. The van der Waals surface area contributed by atoms with E-state index in [4.69, 9.17) is 11.5 Å². The Morgan fingerprint density at radius 3 is 1.80 bits per heavy atom. The summed E-state index contributed by atoms with van der Waals surface area (Å²) in [6.45, 7) is 1.33. The van der Waals surface area contributed by atoms with E-state index in [9.17, 15) is 4.79 Å². The monoisotopic (exact) mass is 331 g/mol. The fourth-order valence-corrected chi connectivity index (χ4v) is 2.86. The van der Waals surface area contributed by atoms with Gasteiger partial charge < -0.3 is 16.4 Å². The zero-order valence-electron chi connectivity index (χ0n) is 13.9. The highest BCUT2D eigenvalue weighted by molar-refractivity contribution is 5.99. The van der Waals surface area contributed by atoms with Crippen LogP contribution in [0.4, 0.5) is 11.4 Å². The molecule has 0 spiro atoms. The normalized spacial score (nSPS) is 10.4. The molecule has 0 fully saturated rings. The molecule has 126 valence electrons. The van der Waals surface area contributed by atoms with Crippen LogP contribution in [0.3, 0.4) is 0 Å². The highest BCUT2D eigenvalue weighted by Gasteiger charge is 2.16. The van der Waals surface area contributed by atoms with Crippen LogP contribution in [0.25, 0.3) is 0 Å². The Bertz CT molecular complexity index is 806. The van der Waals surface area contributed by atoms with E-state index in [1.165, 1.54) is 0 Å². The van der Waals surface area contributed by atoms with Gasteiger partial charge in [-0.05, 0) is 29.3 Å². The van der Waals surface area contributed by atoms with E-state index in [0.29, 0.717) is 24.3 Å². The molecular formula is C21H21N3O. The van der Waals surface area contributed by atoms with Gasteiger partial charge >= 0.3 is 0 Å². The Hall–Kier alpha value is -3.27. The van der Waals surface area contributed by atoms with Crippen molar-refractivity contribution in [3.05, 3.63) is 95.6 Å². The fourth-order valence-electron chi connectivity index (χ4n) is 2.86. The number of anilines is 2. The molecule has 3 aromatic carbocycles. The van der Waals surface area contributed by atoms with Crippen LogP contribution in [0, 0.1) is 0 Å². The first-order chi connectivity index (χ1) is 12.1. The summed E-state index contributed by atoms with van der Waals surface area (Å²) in [7, 11) is 0. The van der Waals surface area contributed by atoms with Gasteiger partial charge in [-0.2, -0.15) is 0 Å². The van der Waals surface area contributed by atoms with Gasteiger partial charge in [0.2, 0.25) is 0 Å². The number of benzene rings is 3. The second-order valence-corrected chi connectivity index (χ2v) is 5.97. The Morgan fingerprint density at radius 1 is 0.800 bits per heavy atom. The first-order valence-electron chi connectivity index (χ1n) is 8.15. The minimum atomic E-state index is -0.478. The Balaban J connectivity index is 2.00. The number of nitrogens with zero attached hydrogens (tertiary/aromatic N) is 1. The number of nitrogen functional groups attached to an aromatic ring is 1.